The van der Waals surface area contributed by atoms with E-state index in [-0.39, 0.29) is 5.91 Å². The fraction of sp³-hybridized carbons (Fsp3) is 0. The molecule has 0 fully saturated rings. The summed E-state index contributed by atoms with van der Waals surface area (Å²) in [4.78, 5) is 11.9. The first-order valence-electron chi connectivity index (χ1n) is 5.50. The Bertz CT molecular complexity index is 611. The van der Waals surface area contributed by atoms with Gasteiger partial charge in [-0.1, -0.05) is 40.2 Å². The van der Waals surface area contributed by atoms with Gasteiger partial charge < -0.3 is 0 Å². The largest absolute Gasteiger partial charge is 0.272 e. The first-order chi connectivity index (χ1) is 9.16. The monoisotopic (exact) mass is 428 g/mol. The quantitative estimate of drug-likeness (QED) is 0.450. The van der Waals surface area contributed by atoms with Crippen LogP contribution in [0.4, 0.5) is 0 Å². The average molecular weight is 429 g/mol. The van der Waals surface area contributed by atoms with Gasteiger partial charge in [-0.2, -0.15) is 5.10 Å². The van der Waals surface area contributed by atoms with Crippen LogP contribution in [-0.2, 0) is 0 Å². The second-order valence-corrected chi connectivity index (χ2v) is 5.81. The molecule has 2 rings (SSSR count). The van der Waals surface area contributed by atoms with Crippen LogP contribution in [0.2, 0.25) is 0 Å². The molecule has 2 aromatic carbocycles. The fourth-order valence-electron chi connectivity index (χ4n) is 1.42. The molecule has 0 aliphatic carbocycles. The minimum atomic E-state index is -0.210. The van der Waals surface area contributed by atoms with Gasteiger partial charge in [0, 0.05) is 8.04 Å². The highest BCUT2D eigenvalue weighted by molar-refractivity contribution is 14.1. The van der Waals surface area contributed by atoms with Crippen LogP contribution in [0.5, 0.6) is 0 Å². The number of hydrazone groups is 1. The third kappa shape index (κ3) is 4.14. The summed E-state index contributed by atoms with van der Waals surface area (Å²) in [6.45, 7) is 0. The standard InChI is InChI=1S/C14H10BrIN2O/c15-11-7-5-10(6-8-11)9-17-18-14(19)12-3-1-2-4-13(12)16/h1-9H,(H,18,19). The minimum absolute atomic E-state index is 0.210. The van der Waals surface area contributed by atoms with E-state index in [9.17, 15) is 4.79 Å². The maximum absolute atomic E-state index is 11.9. The number of amides is 1. The number of benzene rings is 2. The highest BCUT2D eigenvalue weighted by Gasteiger charge is 2.07. The van der Waals surface area contributed by atoms with E-state index in [4.69, 9.17) is 0 Å². The Hall–Kier alpha value is -1.21. The van der Waals surface area contributed by atoms with Gasteiger partial charge in [-0.15, -0.1) is 0 Å². The smallest absolute Gasteiger partial charge is 0.267 e. The van der Waals surface area contributed by atoms with Crippen LogP contribution in [0.25, 0.3) is 0 Å². The lowest BCUT2D eigenvalue weighted by Gasteiger charge is -2.01. The van der Waals surface area contributed by atoms with E-state index >= 15 is 0 Å². The SMILES string of the molecule is O=C(NN=Cc1ccc(Br)cc1)c1ccccc1I. The number of rotatable bonds is 3. The zero-order chi connectivity index (χ0) is 13.7. The number of halogens is 2. The van der Waals surface area contributed by atoms with Crippen molar-refractivity contribution in [3.8, 4) is 0 Å². The molecule has 0 heterocycles. The molecule has 0 saturated heterocycles. The summed E-state index contributed by atoms with van der Waals surface area (Å²) in [5.74, 6) is -0.210. The summed E-state index contributed by atoms with van der Waals surface area (Å²) in [5, 5.41) is 3.95. The Morgan fingerprint density at radius 2 is 1.84 bits per heavy atom. The lowest BCUT2D eigenvalue weighted by Crippen LogP contribution is -2.18. The molecule has 1 N–H and O–H groups in total. The maximum Gasteiger partial charge on any atom is 0.272 e. The van der Waals surface area contributed by atoms with Gasteiger partial charge >= 0.3 is 0 Å². The number of hydrogen-bond acceptors (Lipinski definition) is 2. The Morgan fingerprint density at radius 3 is 2.53 bits per heavy atom. The predicted octanol–water partition coefficient (Wildman–Crippen LogP) is 3.82. The molecular formula is C14H10BrIN2O. The number of hydrogen-bond donors (Lipinski definition) is 1. The van der Waals surface area contributed by atoms with Crippen LogP contribution in [0.15, 0.2) is 58.1 Å². The van der Waals surface area contributed by atoms with E-state index in [0.717, 1.165) is 13.6 Å². The Balaban J connectivity index is 2.01. The molecule has 19 heavy (non-hydrogen) atoms. The Labute approximate surface area is 133 Å². The summed E-state index contributed by atoms with van der Waals surface area (Å²) in [6, 6.07) is 15.0. The van der Waals surface area contributed by atoms with Crippen molar-refractivity contribution in [2.24, 2.45) is 5.10 Å². The average Bonchev–Trinajstić information content (AvgIpc) is 2.41. The van der Waals surface area contributed by atoms with Gasteiger partial charge in [0.25, 0.3) is 5.91 Å². The number of carbonyl (C=O) groups excluding carboxylic acids is 1. The van der Waals surface area contributed by atoms with Gasteiger partial charge in [-0.25, -0.2) is 5.43 Å². The molecule has 0 unspecified atom stereocenters. The van der Waals surface area contributed by atoms with Crippen LogP contribution in [0, 0.1) is 3.57 Å². The molecule has 96 valence electrons. The molecule has 5 heteroatoms. The molecule has 2 aromatic rings. The third-order valence-corrected chi connectivity index (χ3v) is 3.84. The molecule has 0 spiro atoms. The summed E-state index contributed by atoms with van der Waals surface area (Å²) >= 11 is 5.48. The molecule has 0 saturated carbocycles. The van der Waals surface area contributed by atoms with Crippen molar-refractivity contribution in [2.75, 3.05) is 0 Å². The predicted molar refractivity (Wildman–Crippen MR) is 88.4 cm³/mol. The zero-order valence-corrected chi connectivity index (χ0v) is 13.6. The summed E-state index contributed by atoms with van der Waals surface area (Å²) in [6.07, 6.45) is 1.61. The van der Waals surface area contributed by atoms with E-state index < -0.39 is 0 Å². The first kappa shape index (κ1) is 14.2. The highest BCUT2D eigenvalue weighted by atomic mass is 127. The van der Waals surface area contributed by atoms with Crippen LogP contribution in [0.3, 0.4) is 0 Å². The summed E-state index contributed by atoms with van der Waals surface area (Å²) < 4.78 is 1.91. The lowest BCUT2D eigenvalue weighted by molar-refractivity contribution is 0.0954. The van der Waals surface area contributed by atoms with Gasteiger partial charge in [-0.3, -0.25) is 4.79 Å². The van der Waals surface area contributed by atoms with Crippen molar-refractivity contribution in [2.45, 2.75) is 0 Å². The number of carbonyl (C=O) groups is 1. The van der Waals surface area contributed by atoms with Crippen molar-refractivity contribution in [3.05, 3.63) is 67.7 Å². The van der Waals surface area contributed by atoms with E-state index in [1.54, 1.807) is 12.3 Å². The van der Waals surface area contributed by atoms with Gasteiger partial charge in [0.1, 0.15) is 0 Å². The minimum Gasteiger partial charge on any atom is -0.267 e. The molecular weight excluding hydrogens is 419 g/mol. The van der Waals surface area contributed by atoms with Crippen molar-refractivity contribution in [1.29, 1.82) is 0 Å². The van der Waals surface area contributed by atoms with Crippen LogP contribution < -0.4 is 5.43 Å². The molecule has 0 aliphatic heterocycles. The topological polar surface area (TPSA) is 41.5 Å². The molecule has 1 amide bonds. The Kier molecular flexibility index (Phi) is 5.09. The zero-order valence-electron chi connectivity index (χ0n) is 9.81. The van der Waals surface area contributed by atoms with Crippen LogP contribution in [-0.4, -0.2) is 12.1 Å². The highest BCUT2D eigenvalue weighted by Crippen LogP contribution is 2.11. The summed E-state index contributed by atoms with van der Waals surface area (Å²) in [7, 11) is 0. The normalized spacial score (nSPS) is 10.6. The third-order valence-electron chi connectivity index (χ3n) is 2.37. The second kappa shape index (κ2) is 6.81. The van der Waals surface area contributed by atoms with E-state index in [0.29, 0.717) is 5.56 Å². The lowest BCUT2D eigenvalue weighted by atomic mass is 10.2. The van der Waals surface area contributed by atoms with Crippen molar-refractivity contribution in [1.82, 2.24) is 5.43 Å². The van der Waals surface area contributed by atoms with E-state index in [2.05, 4.69) is 49.0 Å². The van der Waals surface area contributed by atoms with Gasteiger partial charge in [-0.05, 0) is 52.4 Å². The molecule has 0 atom stereocenters. The van der Waals surface area contributed by atoms with Gasteiger partial charge in [0.2, 0.25) is 0 Å². The molecule has 3 nitrogen and oxygen atoms in total. The van der Waals surface area contributed by atoms with Gasteiger partial charge in [0.05, 0.1) is 11.8 Å². The van der Waals surface area contributed by atoms with Crippen LogP contribution in [0.1, 0.15) is 15.9 Å². The summed E-state index contributed by atoms with van der Waals surface area (Å²) in [5.41, 5.74) is 4.06. The van der Waals surface area contributed by atoms with Crippen molar-refractivity contribution >= 4 is 50.6 Å². The molecule has 0 aromatic heterocycles. The molecule has 0 radical (unpaired) electrons. The van der Waals surface area contributed by atoms with E-state index in [1.807, 2.05) is 42.5 Å². The van der Waals surface area contributed by atoms with Gasteiger partial charge in [0.15, 0.2) is 0 Å². The molecule has 0 aliphatic rings. The Morgan fingerprint density at radius 1 is 1.16 bits per heavy atom. The second-order valence-electron chi connectivity index (χ2n) is 3.73. The molecule has 0 bridgehead atoms. The van der Waals surface area contributed by atoms with Crippen molar-refractivity contribution < 1.29 is 4.79 Å². The maximum atomic E-state index is 11.9. The fourth-order valence-corrected chi connectivity index (χ4v) is 2.32. The first-order valence-corrected chi connectivity index (χ1v) is 7.37. The van der Waals surface area contributed by atoms with Crippen LogP contribution >= 0.6 is 38.5 Å². The van der Waals surface area contributed by atoms with E-state index in [1.165, 1.54) is 0 Å². The number of nitrogens with one attached hydrogen (secondary N) is 1. The number of nitrogens with zero attached hydrogens (tertiary/aromatic N) is 1. The van der Waals surface area contributed by atoms with Crippen molar-refractivity contribution in [3.63, 3.8) is 0 Å².